The van der Waals surface area contributed by atoms with Gasteiger partial charge in [-0.1, -0.05) is 43.6 Å². The number of nitrogens with one attached hydrogen (secondary N) is 1. The predicted octanol–water partition coefficient (Wildman–Crippen LogP) is 4.41. The molecule has 0 spiro atoms. The molecule has 138 valence electrons. The maximum absolute atomic E-state index is 12.0. The SMILES string of the molecule is CCC(C)c1ccccc1NC(=O)COC(=O)COc1ccc(Cl)cc1. The quantitative estimate of drug-likeness (QED) is 0.694. The molecular weight excluding hydrogens is 354 g/mol. The molecule has 1 atom stereocenters. The van der Waals surface area contributed by atoms with E-state index < -0.39 is 5.97 Å². The van der Waals surface area contributed by atoms with E-state index >= 15 is 0 Å². The third-order valence-electron chi connectivity index (χ3n) is 3.91. The fourth-order valence-electron chi connectivity index (χ4n) is 2.31. The highest BCUT2D eigenvalue weighted by atomic mass is 35.5. The minimum Gasteiger partial charge on any atom is -0.482 e. The maximum Gasteiger partial charge on any atom is 0.344 e. The number of anilines is 1. The molecule has 2 aromatic carbocycles. The van der Waals surface area contributed by atoms with Gasteiger partial charge in [0.05, 0.1) is 0 Å². The van der Waals surface area contributed by atoms with Gasteiger partial charge in [-0.2, -0.15) is 0 Å². The summed E-state index contributed by atoms with van der Waals surface area (Å²) in [6, 6.07) is 14.2. The van der Waals surface area contributed by atoms with Crippen LogP contribution in [0.1, 0.15) is 31.7 Å². The van der Waals surface area contributed by atoms with E-state index in [1.807, 2.05) is 24.3 Å². The van der Waals surface area contributed by atoms with Crippen LogP contribution < -0.4 is 10.1 Å². The largest absolute Gasteiger partial charge is 0.482 e. The van der Waals surface area contributed by atoms with Crippen molar-refractivity contribution in [1.29, 1.82) is 0 Å². The fourth-order valence-corrected chi connectivity index (χ4v) is 2.43. The van der Waals surface area contributed by atoms with Gasteiger partial charge in [-0.15, -0.1) is 0 Å². The van der Waals surface area contributed by atoms with Crippen molar-refractivity contribution in [3.63, 3.8) is 0 Å². The first-order chi connectivity index (χ1) is 12.5. The first-order valence-electron chi connectivity index (χ1n) is 8.42. The number of hydrogen-bond acceptors (Lipinski definition) is 4. The number of rotatable bonds is 8. The van der Waals surface area contributed by atoms with Crippen LogP contribution in [0.3, 0.4) is 0 Å². The zero-order valence-corrected chi connectivity index (χ0v) is 15.6. The Morgan fingerprint density at radius 3 is 2.46 bits per heavy atom. The molecule has 0 fully saturated rings. The minimum atomic E-state index is -0.620. The summed E-state index contributed by atoms with van der Waals surface area (Å²) in [7, 11) is 0. The average molecular weight is 376 g/mol. The topological polar surface area (TPSA) is 64.6 Å². The van der Waals surface area contributed by atoms with Crippen LogP contribution in [-0.2, 0) is 14.3 Å². The fraction of sp³-hybridized carbons (Fsp3) is 0.300. The number of carbonyl (C=O) groups excluding carboxylic acids is 2. The molecule has 26 heavy (non-hydrogen) atoms. The number of amides is 1. The van der Waals surface area contributed by atoms with E-state index in [9.17, 15) is 9.59 Å². The van der Waals surface area contributed by atoms with Crippen LogP contribution in [0, 0.1) is 0 Å². The van der Waals surface area contributed by atoms with Gasteiger partial charge in [0.1, 0.15) is 5.75 Å². The van der Waals surface area contributed by atoms with E-state index in [2.05, 4.69) is 19.2 Å². The maximum atomic E-state index is 12.0. The van der Waals surface area contributed by atoms with Gasteiger partial charge in [0, 0.05) is 10.7 Å². The van der Waals surface area contributed by atoms with Crippen LogP contribution in [0.4, 0.5) is 5.69 Å². The van der Waals surface area contributed by atoms with Crippen LogP contribution in [0.2, 0.25) is 5.02 Å². The van der Waals surface area contributed by atoms with E-state index in [0.717, 1.165) is 17.7 Å². The highest BCUT2D eigenvalue weighted by molar-refractivity contribution is 6.30. The molecule has 2 rings (SSSR count). The van der Waals surface area contributed by atoms with Crippen molar-refractivity contribution >= 4 is 29.2 Å². The predicted molar refractivity (Wildman–Crippen MR) is 102 cm³/mol. The summed E-state index contributed by atoms with van der Waals surface area (Å²) in [6.45, 7) is 3.54. The Morgan fingerprint density at radius 2 is 1.77 bits per heavy atom. The van der Waals surface area contributed by atoms with Gasteiger partial charge in [-0.25, -0.2) is 4.79 Å². The summed E-state index contributed by atoms with van der Waals surface area (Å²) < 4.78 is 10.2. The number of benzene rings is 2. The van der Waals surface area contributed by atoms with Gasteiger partial charge >= 0.3 is 5.97 Å². The lowest BCUT2D eigenvalue weighted by molar-refractivity contribution is -0.149. The Kier molecular flexibility index (Phi) is 7.48. The van der Waals surface area contributed by atoms with Gasteiger partial charge in [-0.05, 0) is 48.2 Å². The van der Waals surface area contributed by atoms with Gasteiger partial charge in [0.2, 0.25) is 0 Å². The summed E-state index contributed by atoms with van der Waals surface area (Å²) >= 11 is 5.77. The number of carbonyl (C=O) groups is 2. The standard InChI is InChI=1S/C20H22ClNO4/c1-3-14(2)17-6-4-5-7-18(17)22-19(23)12-26-20(24)13-25-16-10-8-15(21)9-11-16/h4-11,14H,3,12-13H2,1-2H3,(H,22,23). The smallest absolute Gasteiger partial charge is 0.344 e. The lowest BCUT2D eigenvalue weighted by Gasteiger charge is -2.15. The second kappa shape index (κ2) is 9.82. The van der Waals surface area contributed by atoms with E-state index in [4.69, 9.17) is 21.1 Å². The molecule has 6 heteroatoms. The van der Waals surface area contributed by atoms with Crippen molar-refractivity contribution in [2.45, 2.75) is 26.2 Å². The molecule has 0 bridgehead atoms. The molecule has 0 aliphatic carbocycles. The van der Waals surface area contributed by atoms with Crippen molar-refractivity contribution in [2.24, 2.45) is 0 Å². The molecule has 1 unspecified atom stereocenters. The summed E-state index contributed by atoms with van der Waals surface area (Å²) in [4.78, 5) is 23.8. The number of esters is 1. The lowest BCUT2D eigenvalue weighted by Crippen LogP contribution is -2.24. The van der Waals surface area contributed by atoms with Gasteiger partial charge in [-0.3, -0.25) is 4.79 Å². The van der Waals surface area contributed by atoms with Crippen LogP contribution >= 0.6 is 11.6 Å². The molecule has 0 aliphatic rings. The van der Waals surface area contributed by atoms with Crippen molar-refractivity contribution in [1.82, 2.24) is 0 Å². The molecule has 0 saturated heterocycles. The third-order valence-corrected chi connectivity index (χ3v) is 4.16. The first-order valence-corrected chi connectivity index (χ1v) is 8.80. The van der Waals surface area contributed by atoms with Crippen LogP contribution in [-0.4, -0.2) is 25.1 Å². The number of ether oxygens (including phenoxy) is 2. The minimum absolute atomic E-state index is 0.279. The van der Waals surface area contributed by atoms with E-state index in [1.165, 1.54) is 0 Å². The number of hydrogen-bond donors (Lipinski definition) is 1. The molecule has 0 aromatic heterocycles. The monoisotopic (exact) mass is 375 g/mol. The van der Waals surface area contributed by atoms with E-state index in [0.29, 0.717) is 16.7 Å². The van der Waals surface area contributed by atoms with Crippen molar-refractivity contribution in [3.8, 4) is 5.75 Å². The lowest BCUT2D eigenvalue weighted by atomic mass is 9.97. The molecule has 0 heterocycles. The zero-order valence-electron chi connectivity index (χ0n) is 14.8. The van der Waals surface area contributed by atoms with E-state index in [-0.39, 0.29) is 19.1 Å². The van der Waals surface area contributed by atoms with Crippen LogP contribution in [0.25, 0.3) is 0 Å². The van der Waals surface area contributed by atoms with Crippen LogP contribution in [0.15, 0.2) is 48.5 Å². The van der Waals surface area contributed by atoms with E-state index in [1.54, 1.807) is 24.3 Å². The van der Waals surface area contributed by atoms with Gasteiger partial charge in [0.25, 0.3) is 5.91 Å². The third kappa shape index (κ3) is 6.08. The Hall–Kier alpha value is -2.53. The molecule has 5 nitrogen and oxygen atoms in total. The Balaban J connectivity index is 1.79. The van der Waals surface area contributed by atoms with Crippen molar-refractivity contribution in [3.05, 3.63) is 59.1 Å². The molecule has 0 aliphatic heterocycles. The molecule has 0 radical (unpaired) electrons. The normalized spacial score (nSPS) is 11.5. The second-order valence-corrected chi connectivity index (χ2v) is 6.28. The first kappa shape index (κ1) is 19.8. The Bertz CT molecular complexity index is 746. The molecule has 1 N–H and O–H groups in total. The molecule has 1 amide bonds. The zero-order chi connectivity index (χ0) is 18.9. The van der Waals surface area contributed by atoms with Crippen molar-refractivity contribution in [2.75, 3.05) is 18.5 Å². The summed E-state index contributed by atoms with van der Waals surface area (Å²) in [5.41, 5.74) is 1.79. The number of halogens is 1. The summed E-state index contributed by atoms with van der Waals surface area (Å²) in [6.07, 6.45) is 0.962. The Morgan fingerprint density at radius 1 is 1.08 bits per heavy atom. The second-order valence-electron chi connectivity index (χ2n) is 5.85. The highest BCUT2D eigenvalue weighted by Crippen LogP contribution is 2.26. The van der Waals surface area contributed by atoms with Crippen LogP contribution in [0.5, 0.6) is 5.75 Å². The van der Waals surface area contributed by atoms with Gasteiger partial charge < -0.3 is 14.8 Å². The van der Waals surface area contributed by atoms with Gasteiger partial charge in [0.15, 0.2) is 13.2 Å². The number of para-hydroxylation sites is 1. The molecule has 2 aromatic rings. The highest BCUT2D eigenvalue weighted by Gasteiger charge is 2.13. The summed E-state index contributed by atoms with van der Waals surface area (Å²) in [5, 5.41) is 3.37. The molecular formula is C20H22ClNO4. The summed E-state index contributed by atoms with van der Waals surface area (Å²) in [5.74, 6) is -0.189. The Labute approximate surface area is 158 Å². The van der Waals surface area contributed by atoms with Crippen molar-refractivity contribution < 1.29 is 19.1 Å². The average Bonchev–Trinajstić information content (AvgIpc) is 2.65. The molecule has 0 saturated carbocycles.